The van der Waals surface area contributed by atoms with Gasteiger partial charge >= 0.3 is 5.63 Å². The van der Waals surface area contributed by atoms with Crippen molar-refractivity contribution in [1.82, 2.24) is 0 Å². The Morgan fingerprint density at radius 2 is 1.96 bits per heavy atom. The van der Waals surface area contributed by atoms with E-state index in [1.54, 1.807) is 19.1 Å². The molecule has 0 saturated carbocycles. The van der Waals surface area contributed by atoms with Gasteiger partial charge in [0.25, 0.3) is 0 Å². The van der Waals surface area contributed by atoms with Crippen LogP contribution in [0.25, 0.3) is 17.0 Å². The van der Waals surface area contributed by atoms with E-state index in [0.29, 0.717) is 28.7 Å². The highest BCUT2D eigenvalue weighted by molar-refractivity contribution is 6.12. The van der Waals surface area contributed by atoms with Crippen LogP contribution in [0.5, 0.6) is 11.5 Å². The molecule has 6 heteroatoms. The van der Waals surface area contributed by atoms with Crippen molar-refractivity contribution in [2.45, 2.75) is 59.2 Å². The highest BCUT2D eigenvalue weighted by Gasteiger charge is 2.33. The third-order valence-electron chi connectivity index (χ3n) is 4.82. The van der Waals surface area contributed by atoms with Crippen LogP contribution in [0.15, 0.2) is 21.4 Å². The number of ketones is 1. The standard InChI is InChI=1S/C22H26O6/c1-6-14(23)13-10-16(25)27-21-17(13)20-12(7-8-22(4,5)28-20)19(26)18(21)15(24)9-11(2)3/h7-8,10-11,14,23,26H,6,9H2,1-5H3/t14-/m0/s1. The Kier molecular flexibility index (Phi) is 5.10. The highest BCUT2D eigenvalue weighted by Crippen LogP contribution is 2.47. The Morgan fingerprint density at radius 3 is 2.57 bits per heavy atom. The fourth-order valence-corrected chi connectivity index (χ4v) is 3.46. The number of ether oxygens (including phenoxy) is 1. The van der Waals surface area contributed by atoms with E-state index in [4.69, 9.17) is 9.15 Å². The molecule has 0 aliphatic carbocycles. The maximum Gasteiger partial charge on any atom is 0.336 e. The van der Waals surface area contributed by atoms with Crippen molar-refractivity contribution >= 4 is 22.8 Å². The van der Waals surface area contributed by atoms with E-state index < -0.39 is 17.3 Å². The average Bonchev–Trinajstić information content (AvgIpc) is 2.58. The summed E-state index contributed by atoms with van der Waals surface area (Å²) in [6.07, 6.45) is 3.09. The maximum atomic E-state index is 12.9. The van der Waals surface area contributed by atoms with Crippen LogP contribution in [-0.2, 0) is 0 Å². The molecule has 3 rings (SSSR count). The Labute approximate surface area is 163 Å². The average molecular weight is 386 g/mol. The second-order valence-electron chi connectivity index (χ2n) is 8.18. The third-order valence-corrected chi connectivity index (χ3v) is 4.82. The van der Waals surface area contributed by atoms with Gasteiger partial charge in [-0.2, -0.15) is 0 Å². The zero-order chi connectivity index (χ0) is 20.8. The lowest BCUT2D eigenvalue weighted by Gasteiger charge is -2.30. The number of phenolic OH excluding ortho intramolecular Hbond substituents is 1. The monoisotopic (exact) mass is 386 g/mol. The van der Waals surface area contributed by atoms with Crippen molar-refractivity contribution in [2.24, 2.45) is 5.92 Å². The molecule has 0 radical (unpaired) electrons. The first-order chi connectivity index (χ1) is 13.1. The molecule has 1 atom stereocenters. The van der Waals surface area contributed by atoms with Gasteiger partial charge in [-0.25, -0.2) is 4.79 Å². The minimum Gasteiger partial charge on any atom is -0.506 e. The zero-order valence-electron chi connectivity index (χ0n) is 16.8. The number of benzene rings is 1. The number of hydrogen-bond donors (Lipinski definition) is 2. The molecule has 0 unspecified atom stereocenters. The molecular formula is C22H26O6. The van der Waals surface area contributed by atoms with Crippen molar-refractivity contribution in [3.05, 3.63) is 39.3 Å². The van der Waals surface area contributed by atoms with E-state index in [2.05, 4.69) is 0 Å². The summed E-state index contributed by atoms with van der Waals surface area (Å²) in [7, 11) is 0. The Hall–Kier alpha value is -2.60. The van der Waals surface area contributed by atoms with Gasteiger partial charge in [0.1, 0.15) is 22.7 Å². The van der Waals surface area contributed by atoms with Gasteiger partial charge in [-0.3, -0.25) is 4.79 Å². The normalized spacial score (nSPS) is 16.1. The summed E-state index contributed by atoms with van der Waals surface area (Å²) in [6, 6.07) is 1.22. The minimum absolute atomic E-state index is 0.0389. The number of hydrogen-bond acceptors (Lipinski definition) is 6. The number of aromatic hydroxyl groups is 1. The van der Waals surface area contributed by atoms with E-state index in [1.165, 1.54) is 6.07 Å². The summed E-state index contributed by atoms with van der Waals surface area (Å²) in [5.74, 6) is -0.247. The first kappa shape index (κ1) is 20.1. The maximum absolute atomic E-state index is 12.9. The Bertz CT molecular complexity index is 1030. The van der Waals surface area contributed by atoms with E-state index in [-0.39, 0.29) is 35.0 Å². The number of carbonyl (C=O) groups is 1. The molecule has 0 bridgehead atoms. The largest absolute Gasteiger partial charge is 0.506 e. The van der Waals surface area contributed by atoms with Gasteiger partial charge in [0.15, 0.2) is 11.4 Å². The van der Waals surface area contributed by atoms with E-state index >= 15 is 0 Å². The minimum atomic E-state index is -0.939. The number of carbonyl (C=O) groups excluding carboxylic acids is 1. The SMILES string of the molecule is CC[C@H](O)c1cc(=O)oc2c(C(=O)CC(C)C)c(O)c3c(c12)OC(C)(C)C=C3. The first-order valence-electron chi connectivity index (χ1n) is 9.52. The molecule has 0 saturated heterocycles. The molecule has 1 aromatic carbocycles. The number of aliphatic hydroxyl groups is 1. The van der Waals surface area contributed by atoms with Crippen LogP contribution in [-0.4, -0.2) is 21.6 Å². The van der Waals surface area contributed by atoms with Crippen molar-refractivity contribution in [1.29, 1.82) is 0 Å². The Balaban J connectivity index is 2.49. The van der Waals surface area contributed by atoms with Gasteiger partial charge in [0.2, 0.25) is 0 Å². The molecule has 2 heterocycles. The number of Topliss-reactive ketones (excluding diaryl/α,β-unsaturated/α-hetero) is 1. The molecule has 28 heavy (non-hydrogen) atoms. The summed E-state index contributed by atoms with van der Waals surface area (Å²) in [5.41, 5.74) is -0.772. The summed E-state index contributed by atoms with van der Waals surface area (Å²) in [6.45, 7) is 9.27. The first-order valence-corrected chi connectivity index (χ1v) is 9.52. The molecular weight excluding hydrogens is 360 g/mol. The molecule has 1 aliphatic heterocycles. The third kappa shape index (κ3) is 3.44. The number of aliphatic hydroxyl groups excluding tert-OH is 1. The molecule has 1 aliphatic rings. The second kappa shape index (κ2) is 7.09. The van der Waals surface area contributed by atoms with Crippen LogP contribution in [0.3, 0.4) is 0 Å². The van der Waals surface area contributed by atoms with Crippen molar-refractivity contribution in [2.75, 3.05) is 0 Å². The van der Waals surface area contributed by atoms with Crippen LogP contribution >= 0.6 is 0 Å². The van der Waals surface area contributed by atoms with Crippen molar-refractivity contribution < 1.29 is 24.2 Å². The molecule has 6 nitrogen and oxygen atoms in total. The smallest absolute Gasteiger partial charge is 0.336 e. The van der Waals surface area contributed by atoms with Crippen LogP contribution in [0, 0.1) is 5.92 Å². The van der Waals surface area contributed by atoms with Gasteiger partial charge in [-0.15, -0.1) is 0 Å². The predicted molar refractivity (Wildman–Crippen MR) is 107 cm³/mol. The van der Waals surface area contributed by atoms with Crippen LogP contribution in [0.2, 0.25) is 0 Å². The van der Waals surface area contributed by atoms with Crippen molar-refractivity contribution in [3.8, 4) is 11.5 Å². The Morgan fingerprint density at radius 1 is 1.29 bits per heavy atom. The van der Waals surface area contributed by atoms with Gasteiger partial charge < -0.3 is 19.4 Å². The zero-order valence-corrected chi connectivity index (χ0v) is 16.8. The van der Waals surface area contributed by atoms with Gasteiger partial charge in [-0.1, -0.05) is 20.8 Å². The molecule has 0 fully saturated rings. The van der Waals surface area contributed by atoms with Crippen LogP contribution in [0.4, 0.5) is 0 Å². The lowest BCUT2D eigenvalue weighted by Crippen LogP contribution is -2.28. The second-order valence-corrected chi connectivity index (χ2v) is 8.18. The predicted octanol–water partition coefficient (Wildman–Crippen LogP) is 4.36. The molecule has 1 aromatic heterocycles. The summed E-state index contributed by atoms with van der Waals surface area (Å²) in [4.78, 5) is 25.1. The molecule has 0 spiro atoms. The van der Waals surface area contributed by atoms with Crippen LogP contribution in [0.1, 0.15) is 75.0 Å². The van der Waals surface area contributed by atoms with E-state index in [9.17, 15) is 19.8 Å². The summed E-state index contributed by atoms with van der Waals surface area (Å²) in [5, 5.41) is 21.8. The highest BCUT2D eigenvalue weighted by atomic mass is 16.5. The quantitative estimate of drug-likeness (QED) is 0.585. The van der Waals surface area contributed by atoms with Gasteiger partial charge in [0, 0.05) is 18.1 Å². The van der Waals surface area contributed by atoms with Gasteiger partial charge in [-0.05, 0) is 38.3 Å². The lowest BCUT2D eigenvalue weighted by molar-refractivity contribution is 0.0965. The van der Waals surface area contributed by atoms with E-state index in [1.807, 2.05) is 27.7 Å². The fraction of sp³-hybridized carbons (Fsp3) is 0.455. The number of phenols is 1. The molecule has 0 amide bonds. The number of fused-ring (bicyclic) bond motifs is 3. The van der Waals surface area contributed by atoms with E-state index in [0.717, 1.165) is 0 Å². The fourth-order valence-electron chi connectivity index (χ4n) is 3.46. The van der Waals surface area contributed by atoms with Gasteiger partial charge in [0.05, 0.1) is 17.1 Å². The molecule has 2 N–H and O–H groups in total. The number of rotatable bonds is 5. The lowest BCUT2D eigenvalue weighted by atomic mass is 9.90. The van der Waals surface area contributed by atoms with Crippen LogP contribution < -0.4 is 10.4 Å². The topological polar surface area (TPSA) is 97.0 Å². The molecule has 2 aromatic rings. The summed E-state index contributed by atoms with van der Waals surface area (Å²) < 4.78 is 11.5. The molecule has 150 valence electrons. The summed E-state index contributed by atoms with van der Waals surface area (Å²) >= 11 is 0. The van der Waals surface area contributed by atoms with Crippen molar-refractivity contribution in [3.63, 3.8) is 0 Å².